The molecule has 88 valence electrons. The van der Waals surface area contributed by atoms with Gasteiger partial charge >= 0.3 is 5.97 Å². The predicted octanol–water partition coefficient (Wildman–Crippen LogP) is 1.95. The number of rotatable bonds is 5. The van der Waals surface area contributed by atoms with Crippen molar-refractivity contribution in [3.05, 3.63) is 35.9 Å². The van der Waals surface area contributed by atoms with Crippen LogP contribution in [0.25, 0.3) is 0 Å². The third-order valence-electron chi connectivity index (χ3n) is 2.83. The smallest absolute Gasteiger partial charge is 0.332 e. The lowest BCUT2D eigenvalue weighted by Crippen LogP contribution is -2.34. The van der Waals surface area contributed by atoms with Crippen LogP contribution in [-0.2, 0) is 11.2 Å². The van der Waals surface area contributed by atoms with Crippen LogP contribution in [0.5, 0.6) is 0 Å². The van der Waals surface area contributed by atoms with Crippen molar-refractivity contribution in [1.82, 2.24) is 0 Å². The molecule has 2 N–H and O–H groups in total. The SMILES string of the molecule is CC(C)[C@H](Cc1ccccc1)[C@@H](O)C(=O)O. The molecular weight excluding hydrogens is 204 g/mol. The summed E-state index contributed by atoms with van der Waals surface area (Å²) in [6.07, 6.45) is -0.702. The number of carboxylic acid groups (broad SMARTS) is 1. The molecule has 0 heterocycles. The van der Waals surface area contributed by atoms with Crippen LogP contribution in [0.1, 0.15) is 19.4 Å². The van der Waals surface area contributed by atoms with E-state index in [4.69, 9.17) is 5.11 Å². The second-order valence-corrected chi connectivity index (χ2v) is 4.38. The summed E-state index contributed by atoms with van der Waals surface area (Å²) in [5.74, 6) is -1.26. The van der Waals surface area contributed by atoms with Crippen molar-refractivity contribution in [2.24, 2.45) is 11.8 Å². The third kappa shape index (κ3) is 3.35. The van der Waals surface area contributed by atoms with Crippen LogP contribution in [0.4, 0.5) is 0 Å². The van der Waals surface area contributed by atoms with Crippen LogP contribution in [0.15, 0.2) is 30.3 Å². The fraction of sp³-hybridized carbons (Fsp3) is 0.462. The van der Waals surface area contributed by atoms with Gasteiger partial charge in [0.05, 0.1) is 0 Å². The van der Waals surface area contributed by atoms with E-state index < -0.39 is 12.1 Å². The van der Waals surface area contributed by atoms with Crippen molar-refractivity contribution in [2.75, 3.05) is 0 Å². The summed E-state index contributed by atoms with van der Waals surface area (Å²) in [4.78, 5) is 10.8. The van der Waals surface area contributed by atoms with Gasteiger partial charge in [0.15, 0.2) is 6.10 Å². The Bertz CT molecular complexity index is 332. The predicted molar refractivity (Wildman–Crippen MR) is 62.1 cm³/mol. The van der Waals surface area contributed by atoms with Gasteiger partial charge in [0.1, 0.15) is 0 Å². The molecule has 1 aromatic carbocycles. The molecule has 0 aromatic heterocycles. The average molecular weight is 222 g/mol. The lowest BCUT2D eigenvalue weighted by Gasteiger charge is -2.23. The standard InChI is InChI=1S/C13H18O3/c1-9(2)11(12(14)13(15)16)8-10-6-4-3-5-7-10/h3-7,9,11-12,14H,8H2,1-2H3,(H,15,16)/t11-,12+/m0/s1. The minimum absolute atomic E-state index is 0.131. The van der Waals surface area contributed by atoms with Crippen molar-refractivity contribution >= 4 is 5.97 Å². The molecule has 16 heavy (non-hydrogen) atoms. The zero-order valence-electron chi connectivity index (χ0n) is 9.63. The van der Waals surface area contributed by atoms with Gasteiger partial charge in [-0.2, -0.15) is 0 Å². The van der Waals surface area contributed by atoms with Crippen LogP contribution < -0.4 is 0 Å². The second-order valence-electron chi connectivity index (χ2n) is 4.38. The van der Waals surface area contributed by atoms with Gasteiger partial charge in [-0.25, -0.2) is 4.79 Å². The Morgan fingerprint density at radius 1 is 1.25 bits per heavy atom. The number of benzene rings is 1. The van der Waals surface area contributed by atoms with Gasteiger partial charge in [-0.1, -0.05) is 44.2 Å². The highest BCUT2D eigenvalue weighted by Crippen LogP contribution is 2.21. The molecule has 0 aliphatic carbocycles. The largest absolute Gasteiger partial charge is 0.479 e. The summed E-state index contributed by atoms with van der Waals surface area (Å²) in [6.45, 7) is 3.86. The van der Waals surface area contributed by atoms with E-state index in [1.807, 2.05) is 44.2 Å². The Hall–Kier alpha value is -1.35. The monoisotopic (exact) mass is 222 g/mol. The van der Waals surface area contributed by atoms with E-state index in [1.54, 1.807) is 0 Å². The van der Waals surface area contributed by atoms with Crippen LogP contribution >= 0.6 is 0 Å². The molecule has 0 unspecified atom stereocenters. The molecule has 0 fully saturated rings. The fourth-order valence-corrected chi connectivity index (χ4v) is 1.78. The quantitative estimate of drug-likeness (QED) is 0.800. The number of carbonyl (C=O) groups is 1. The Morgan fingerprint density at radius 3 is 2.25 bits per heavy atom. The average Bonchev–Trinajstić information content (AvgIpc) is 2.26. The molecule has 3 nitrogen and oxygen atoms in total. The molecule has 0 radical (unpaired) electrons. The number of aliphatic hydroxyl groups is 1. The van der Waals surface area contributed by atoms with Gasteiger partial charge < -0.3 is 10.2 Å². The maximum atomic E-state index is 10.8. The maximum Gasteiger partial charge on any atom is 0.332 e. The maximum absolute atomic E-state index is 10.8. The third-order valence-corrected chi connectivity index (χ3v) is 2.83. The molecule has 1 aromatic rings. The van der Waals surface area contributed by atoms with Crippen LogP contribution in [0, 0.1) is 11.8 Å². The number of carboxylic acids is 1. The van der Waals surface area contributed by atoms with Crippen molar-refractivity contribution < 1.29 is 15.0 Å². The summed E-state index contributed by atoms with van der Waals surface area (Å²) in [5.41, 5.74) is 1.06. The van der Waals surface area contributed by atoms with E-state index in [1.165, 1.54) is 0 Å². The van der Waals surface area contributed by atoms with Crippen molar-refractivity contribution in [3.8, 4) is 0 Å². The highest BCUT2D eigenvalue weighted by atomic mass is 16.4. The van der Waals surface area contributed by atoms with Gasteiger partial charge in [0.25, 0.3) is 0 Å². The number of aliphatic carboxylic acids is 1. The topological polar surface area (TPSA) is 57.5 Å². The van der Waals surface area contributed by atoms with Crippen LogP contribution in [-0.4, -0.2) is 22.3 Å². The summed E-state index contributed by atoms with van der Waals surface area (Å²) >= 11 is 0. The molecule has 0 aliphatic heterocycles. The molecule has 1 rings (SSSR count). The number of hydrogen-bond acceptors (Lipinski definition) is 2. The highest BCUT2D eigenvalue weighted by molar-refractivity contribution is 5.72. The number of hydrogen-bond donors (Lipinski definition) is 2. The first-order valence-electron chi connectivity index (χ1n) is 5.47. The molecule has 0 spiro atoms. The van der Waals surface area contributed by atoms with E-state index in [0.717, 1.165) is 5.56 Å². The molecule has 0 saturated carbocycles. The molecule has 0 bridgehead atoms. The molecule has 3 heteroatoms. The van der Waals surface area contributed by atoms with E-state index in [0.29, 0.717) is 6.42 Å². The first-order chi connectivity index (χ1) is 7.52. The Kier molecular flexibility index (Phi) is 4.50. The lowest BCUT2D eigenvalue weighted by molar-refractivity contribution is -0.150. The molecule has 2 atom stereocenters. The van der Waals surface area contributed by atoms with Gasteiger partial charge in [-0.3, -0.25) is 0 Å². The zero-order chi connectivity index (χ0) is 12.1. The second kappa shape index (κ2) is 5.66. The molecule has 0 saturated heterocycles. The van der Waals surface area contributed by atoms with E-state index in [-0.39, 0.29) is 11.8 Å². The zero-order valence-corrected chi connectivity index (χ0v) is 9.63. The Balaban J connectivity index is 2.77. The molecule has 0 aliphatic rings. The van der Waals surface area contributed by atoms with Crippen LogP contribution in [0.3, 0.4) is 0 Å². The first kappa shape index (κ1) is 12.7. The van der Waals surface area contributed by atoms with Crippen molar-refractivity contribution in [1.29, 1.82) is 0 Å². The van der Waals surface area contributed by atoms with Gasteiger partial charge in [-0.05, 0) is 17.9 Å². The normalized spacial score (nSPS) is 14.8. The van der Waals surface area contributed by atoms with E-state index in [9.17, 15) is 9.90 Å². The molecular formula is C13H18O3. The van der Waals surface area contributed by atoms with Gasteiger partial charge in [-0.15, -0.1) is 0 Å². The summed E-state index contributed by atoms with van der Waals surface area (Å²) in [7, 11) is 0. The lowest BCUT2D eigenvalue weighted by atomic mass is 9.85. The van der Waals surface area contributed by atoms with Gasteiger partial charge in [0.2, 0.25) is 0 Å². The molecule has 0 amide bonds. The van der Waals surface area contributed by atoms with Crippen molar-refractivity contribution in [3.63, 3.8) is 0 Å². The minimum Gasteiger partial charge on any atom is -0.479 e. The Labute approximate surface area is 95.7 Å². The minimum atomic E-state index is -1.29. The van der Waals surface area contributed by atoms with E-state index >= 15 is 0 Å². The first-order valence-corrected chi connectivity index (χ1v) is 5.47. The highest BCUT2D eigenvalue weighted by Gasteiger charge is 2.28. The van der Waals surface area contributed by atoms with E-state index in [2.05, 4.69) is 0 Å². The van der Waals surface area contributed by atoms with Crippen molar-refractivity contribution in [2.45, 2.75) is 26.4 Å². The Morgan fingerprint density at radius 2 is 1.81 bits per heavy atom. The summed E-state index contributed by atoms with van der Waals surface area (Å²) in [6, 6.07) is 9.65. The summed E-state index contributed by atoms with van der Waals surface area (Å²) in [5, 5.41) is 18.4. The fourth-order valence-electron chi connectivity index (χ4n) is 1.78. The van der Waals surface area contributed by atoms with Crippen LogP contribution in [0.2, 0.25) is 0 Å². The summed E-state index contributed by atoms with van der Waals surface area (Å²) < 4.78 is 0. The number of aliphatic hydroxyl groups excluding tert-OH is 1. The van der Waals surface area contributed by atoms with Gasteiger partial charge in [0, 0.05) is 5.92 Å².